The van der Waals surface area contributed by atoms with E-state index in [-0.39, 0.29) is 12.1 Å². The van der Waals surface area contributed by atoms with Crippen molar-refractivity contribution in [1.82, 2.24) is 29.5 Å². The number of nitrogens with zero attached hydrogens (tertiary/aromatic N) is 8. The number of nitrogens with two attached hydrogens (primary N) is 1. The number of anilines is 3. The summed E-state index contributed by atoms with van der Waals surface area (Å²) in [7, 11) is 3.85. The molecule has 0 unspecified atom stereocenters. The zero-order chi connectivity index (χ0) is 30.4. The molecule has 0 amide bonds. The summed E-state index contributed by atoms with van der Waals surface area (Å²) in [5, 5.41) is 12.4. The Kier molecular flexibility index (Phi) is 7.14. The van der Waals surface area contributed by atoms with E-state index in [0.717, 1.165) is 89.4 Å². The van der Waals surface area contributed by atoms with Gasteiger partial charge in [0.1, 0.15) is 5.82 Å². The molecule has 2 bridgehead atoms. The van der Waals surface area contributed by atoms with Crippen LogP contribution in [0.4, 0.5) is 17.2 Å². The van der Waals surface area contributed by atoms with Crippen molar-refractivity contribution in [2.45, 2.75) is 38.3 Å². The monoisotopic (exact) mass is 586 g/mol. The predicted molar refractivity (Wildman–Crippen MR) is 176 cm³/mol. The van der Waals surface area contributed by atoms with Gasteiger partial charge in [0.2, 0.25) is 0 Å². The van der Waals surface area contributed by atoms with Crippen LogP contribution in [0.5, 0.6) is 0 Å². The van der Waals surface area contributed by atoms with Gasteiger partial charge in [0.05, 0.1) is 40.2 Å². The van der Waals surface area contributed by atoms with Crippen LogP contribution in [0.15, 0.2) is 85.5 Å². The van der Waals surface area contributed by atoms with Crippen LogP contribution >= 0.6 is 0 Å². The van der Waals surface area contributed by atoms with Gasteiger partial charge in [-0.1, -0.05) is 24.8 Å². The van der Waals surface area contributed by atoms with E-state index in [2.05, 4.69) is 75.2 Å². The summed E-state index contributed by atoms with van der Waals surface area (Å²) in [5.41, 5.74) is 14.9. The summed E-state index contributed by atoms with van der Waals surface area (Å²) in [4.78, 5) is 15.0. The van der Waals surface area contributed by atoms with E-state index < -0.39 is 0 Å². The number of rotatable bonds is 9. The Bertz CT molecular complexity index is 1770. The molecule has 6 heterocycles. The molecule has 1 aromatic carbocycles. The molecule has 0 radical (unpaired) electrons. The van der Waals surface area contributed by atoms with Crippen molar-refractivity contribution < 1.29 is 0 Å². The number of aryl methyl sites for hydroxylation is 3. The van der Waals surface area contributed by atoms with Gasteiger partial charge in [0.25, 0.3) is 0 Å². The second kappa shape index (κ2) is 11.3. The molecular weight excluding hydrogens is 548 g/mol. The quantitative estimate of drug-likeness (QED) is 0.243. The first-order valence-corrected chi connectivity index (χ1v) is 15.2. The molecule has 2 atom stereocenters. The van der Waals surface area contributed by atoms with Crippen molar-refractivity contribution in [2.24, 2.45) is 19.8 Å². The summed E-state index contributed by atoms with van der Waals surface area (Å²) in [6.07, 6.45) is 6.52. The first kappa shape index (κ1) is 27.8. The minimum Gasteiger partial charge on any atom is -0.366 e. The Hall–Kier alpha value is -4.96. The fraction of sp³-hybridized carbons (Fsp3) is 0.294. The number of benzene rings is 1. The fourth-order valence-electron chi connectivity index (χ4n) is 6.34. The molecule has 0 aliphatic carbocycles. The van der Waals surface area contributed by atoms with Crippen LogP contribution in [0.3, 0.4) is 0 Å². The lowest BCUT2D eigenvalue weighted by Gasteiger charge is -2.38. The molecule has 10 nitrogen and oxygen atoms in total. The molecule has 4 aromatic heterocycles. The highest BCUT2D eigenvalue weighted by atomic mass is 15.4. The lowest BCUT2D eigenvalue weighted by Crippen LogP contribution is -2.43. The minimum absolute atomic E-state index is 0.179. The minimum atomic E-state index is 0.179. The molecule has 3 N–H and O–H groups in total. The Morgan fingerprint density at radius 3 is 2.34 bits per heavy atom. The summed E-state index contributed by atoms with van der Waals surface area (Å²) in [6.45, 7) is 8.55. The highest BCUT2D eigenvalue weighted by Gasteiger charge is 2.38. The number of aromatic nitrogens is 6. The molecule has 44 heavy (non-hydrogen) atoms. The van der Waals surface area contributed by atoms with E-state index in [1.807, 2.05) is 47.7 Å². The highest BCUT2D eigenvalue weighted by Crippen LogP contribution is 2.42. The van der Waals surface area contributed by atoms with Crippen molar-refractivity contribution in [2.75, 3.05) is 28.2 Å². The third-order valence-electron chi connectivity index (χ3n) is 8.63. The number of nitrogens with one attached hydrogen (secondary N) is 1. The maximum Gasteiger partial charge on any atom is 0.158 e. The molecular formula is C34H38N10. The molecule has 10 heteroatoms. The lowest BCUT2D eigenvalue weighted by atomic mass is 10.0. The first-order valence-electron chi connectivity index (χ1n) is 15.2. The summed E-state index contributed by atoms with van der Waals surface area (Å²) < 4.78 is 3.66. The zero-order valence-corrected chi connectivity index (χ0v) is 25.5. The van der Waals surface area contributed by atoms with Crippen molar-refractivity contribution in [3.8, 4) is 34.0 Å². The maximum atomic E-state index is 6.03. The van der Waals surface area contributed by atoms with Crippen molar-refractivity contribution >= 4 is 17.2 Å². The Morgan fingerprint density at radius 1 is 0.955 bits per heavy atom. The molecule has 2 aliphatic rings. The molecule has 0 spiro atoms. The average molecular weight is 587 g/mol. The van der Waals surface area contributed by atoms with E-state index >= 15 is 0 Å². The predicted octanol–water partition coefficient (Wildman–Crippen LogP) is 5.21. The smallest absolute Gasteiger partial charge is 0.158 e. The summed E-state index contributed by atoms with van der Waals surface area (Å²) in [5.74, 6) is 1.72. The number of hydrogen-bond donors (Lipinski definition) is 2. The molecule has 7 rings (SSSR count). The third-order valence-corrected chi connectivity index (χ3v) is 8.63. The van der Waals surface area contributed by atoms with Crippen LogP contribution in [-0.4, -0.2) is 54.7 Å². The lowest BCUT2D eigenvalue weighted by molar-refractivity contribution is 0.666. The van der Waals surface area contributed by atoms with E-state index in [1.54, 1.807) is 12.4 Å². The number of pyridine rings is 2. The number of fused-ring (bicyclic) bond motifs is 4. The van der Waals surface area contributed by atoms with Crippen molar-refractivity contribution in [1.29, 1.82) is 0 Å². The fourth-order valence-corrected chi connectivity index (χ4v) is 6.34. The van der Waals surface area contributed by atoms with Gasteiger partial charge in [-0.2, -0.15) is 10.2 Å². The standard InChI is InChI=1S/C34H38N10/c1-22(35)8-9-24-6-5-7-25(18-24)28-10-11-33-34(40-28)44(27-14-17-43(33)21-27)23(2)38-26-19-29(31-12-15-36-41(31)3)39-30(20-26)32-13-16-37-42(32)4/h5-7,10-13,15-16,18-20,22,27H,2,8-9,14,17,21,35H2,1,3-4H3,(H,38,39)/t22-,27+/m1/s1. The van der Waals surface area contributed by atoms with Crippen LogP contribution < -0.4 is 20.9 Å². The van der Waals surface area contributed by atoms with E-state index in [0.29, 0.717) is 0 Å². The van der Waals surface area contributed by atoms with Gasteiger partial charge in [-0.3, -0.25) is 9.36 Å². The summed E-state index contributed by atoms with van der Waals surface area (Å²) >= 11 is 0. The average Bonchev–Trinajstić information content (AvgIpc) is 3.76. The Labute approximate surface area is 257 Å². The van der Waals surface area contributed by atoms with Crippen LogP contribution in [0, 0.1) is 0 Å². The molecule has 5 aromatic rings. The van der Waals surface area contributed by atoms with Crippen molar-refractivity contribution in [3.05, 3.63) is 91.0 Å². The molecule has 0 saturated carbocycles. The zero-order valence-electron chi connectivity index (χ0n) is 25.5. The highest BCUT2D eigenvalue weighted by molar-refractivity contribution is 5.79. The molecule has 224 valence electrons. The van der Waals surface area contributed by atoms with Crippen LogP contribution in [0.1, 0.15) is 25.3 Å². The number of hydrogen-bond acceptors (Lipinski definition) is 8. The molecule has 2 aliphatic heterocycles. The molecule has 1 fully saturated rings. The second-order valence-electron chi connectivity index (χ2n) is 11.9. The van der Waals surface area contributed by atoms with E-state index in [1.165, 1.54) is 5.56 Å². The maximum absolute atomic E-state index is 6.03. The van der Waals surface area contributed by atoms with Gasteiger partial charge < -0.3 is 20.9 Å². The molecule has 1 saturated heterocycles. The summed E-state index contributed by atoms with van der Waals surface area (Å²) in [6, 6.07) is 21.5. The largest absolute Gasteiger partial charge is 0.366 e. The van der Waals surface area contributed by atoms with Gasteiger partial charge >= 0.3 is 0 Å². The van der Waals surface area contributed by atoms with Crippen LogP contribution in [0.2, 0.25) is 0 Å². The van der Waals surface area contributed by atoms with Gasteiger partial charge in [-0.05, 0) is 74.2 Å². The van der Waals surface area contributed by atoms with Gasteiger partial charge in [0, 0.05) is 56.9 Å². The Balaban J connectivity index is 1.24. The van der Waals surface area contributed by atoms with Crippen LogP contribution in [0.25, 0.3) is 34.0 Å². The van der Waals surface area contributed by atoms with E-state index in [4.69, 9.17) is 15.7 Å². The first-order chi connectivity index (χ1) is 21.3. The second-order valence-corrected chi connectivity index (χ2v) is 11.9. The van der Waals surface area contributed by atoms with Crippen LogP contribution in [-0.2, 0) is 20.5 Å². The SMILES string of the molecule is C=C(Nc1cc(-c2ccnn2C)nc(-c2ccnn2C)c1)N1c2nc(-c3cccc(CC[C@@H](C)N)c3)ccc2N2CC[C@H]1C2. The van der Waals surface area contributed by atoms with Gasteiger partial charge in [-0.25, -0.2) is 9.97 Å². The van der Waals surface area contributed by atoms with Gasteiger partial charge in [0.15, 0.2) is 5.82 Å². The van der Waals surface area contributed by atoms with E-state index in [9.17, 15) is 0 Å². The van der Waals surface area contributed by atoms with Gasteiger partial charge in [-0.15, -0.1) is 0 Å². The van der Waals surface area contributed by atoms with Crippen molar-refractivity contribution in [3.63, 3.8) is 0 Å². The normalized spacial score (nSPS) is 16.2. The topological polar surface area (TPSA) is 106 Å². The Morgan fingerprint density at radius 2 is 1.68 bits per heavy atom. The third kappa shape index (κ3) is 5.22.